The van der Waals surface area contributed by atoms with Gasteiger partial charge in [-0.25, -0.2) is 0 Å². The van der Waals surface area contributed by atoms with Gasteiger partial charge in [-0.05, 0) is 59.1 Å². The molecule has 1 aromatic carbocycles. The number of hydrogen-bond acceptors (Lipinski definition) is 8. The quantitative estimate of drug-likeness (QED) is 0.239. The van der Waals surface area contributed by atoms with Crippen molar-refractivity contribution in [3.63, 3.8) is 0 Å². The smallest absolute Gasteiger partial charge is 0.269 e. The Bertz CT molecular complexity index is 1130. The number of carbonyl (C=O) groups excluding carboxylic acids is 1. The molecule has 1 aliphatic rings. The van der Waals surface area contributed by atoms with Gasteiger partial charge in [0.05, 0.1) is 28.9 Å². The molecule has 0 spiro atoms. The molecule has 150 valence electrons. The lowest BCUT2D eigenvalue weighted by atomic mass is 10.2. The highest BCUT2D eigenvalue weighted by Crippen LogP contribution is 2.34. The predicted octanol–water partition coefficient (Wildman–Crippen LogP) is 4.76. The maximum atomic E-state index is 13.0. The molecular weight excluding hydrogens is 424 g/mol. The highest BCUT2D eigenvalue weighted by molar-refractivity contribution is 8.18. The standard InChI is InChI=1S/C20H14N4O4S2/c25-19-18(11-14-5-7-15(8-6-14)24(26)27)30-20(22-21-12-17-4-2-10-29-17)23(19)13-16-3-1-9-28-16/h1-12H,13H2/b18-11-,21-12+,22-20-. The molecule has 2 aromatic heterocycles. The number of nitro benzene ring substituents is 1. The largest absolute Gasteiger partial charge is 0.467 e. The van der Waals surface area contributed by atoms with Gasteiger partial charge in [-0.3, -0.25) is 19.8 Å². The van der Waals surface area contributed by atoms with Crippen molar-refractivity contribution >= 4 is 52.2 Å². The average molecular weight is 438 g/mol. The van der Waals surface area contributed by atoms with Gasteiger partial charge in [0.2, 0.25) is 0 Å². The average Bonchev–Trinajstić information content (AvgIpc) is 3.49. The number of amides is 1. The number of furan rings is 1. The number of thiophene rings is 1. The molecule has 0 radical (unpaired) electrons. The topological polar surface area (TPSA) is 101 Å². The summed E-state index contributed by atoms with van der Waals surface area (Å²) in [6.07, 6.45) is 4.85. The number of amidine groups is 1. The van der Waals surface area contributed by atoms with Crippen LogP contribution < -0.4 is 0 Å². The predicted molar refractivity (Wildman–Crippen MR) is 117 cm³/mol. The lowest BCUT2D eigenvalue weighted by molar-refractivity contribution is -0.384. The second kappa shape index (κ2) is 8.89. The third kappa shape index (κ3) is 4.56. The molecule has 0 aliphatic carbocycles. The minimum Gasteiger partial charge on any atom is -0.467 e. The molecule has 3 aromatic rings. The number of non-ortho nitro benzene ring substituents is 1. The molecule has 4 rings (SSSR count). The molecule has 1 saturated heterocycles. The molecule has 0 N–H and O–H groups in total. The first-order chi connectivity index (χ1) is 14.6. The first kappa shape index (κ1) is 19.8. The van der Waals surface area contributed by atoms with E-state index in [2.05, 4.69) is 10.2 Å². The number of thioether (sulfide) groups is 1. The van der Waals surface area contributed by atoms with Gasteiger partial charge in [-0.1, -0.05) is 6.07 Å². The van der Waals surface area contributed by atoms with E-state index in [1.54, 1.807) is 42.8 Å². The molecule has 0 atom stereocenters. The first-order valence-corrected chi connectivity index (χ1v) is 10.4. The van der Waals surface area contributed by atoms with Crippen LogP contribution in [-0.4, -0.2) is 27.1 Å². The van der Waals surface area contributed by atoms with Crippen molar-refractivity contribution in [2.45, 2.75) is 6.54 Å². The summed E-state index contributed by atoms with van der Waals surface area (Å²) < 4.78 is 5.37. The van der Waals surface area contributed by atoms with E-state index in [1.807, 2.05) is 17.5 Å². The third-order valence-corrected chi connectivity index (χ3v) is 5.86. The normalized spacial score (nSPS) is 16.9. The van der Waals surface area contributed by atoms with Crippen LogP contribution in [0.2, 0.25) is 0 Å². The molecule has 1 fully saturated rings. The van der Waals surface area contributed by atoms with Crippen LogP contribution in [0.1, 0.15) is 16.2 Å². The number of nitrogens with zero attached hydrogens (tertiary/aromatic N) is 4. The van der Waals surface area contributed by atoms with Crippen LogP contribution in [0.25, 0.3) is 6.08 Å². The number of nitro groups is 1. The summed E-state index contributed by atoms with van der Waals surface area (Å²) in [7, 11) is 0. The number of benzene rings is 1. The number of carbonyl (C=O) groups is 1. The highest BCUT2D eigenvalue weighted by atomic mass is 32.2. The molecule has 10 heteroatoms. The SMILES string of the molecule is O=C1/C(=C/c2ccc([N+](=O)[O-])cc2)S/C(=N\N=C\c2cccs2)N1Cc1ccco1. The van der Waals surface area contributed by atoms with Crippen molar-refractivity contribution in [3.8, 4) is 0 Å². The van der Waals surface area contributed by atoms with E-state index in [0.717, 1.165) is 4.88 Å². The van der Waals surface area contributed by atoms with Crippen molar-refractivity contribution in [2.75, 3.05) is 0 Å². The summed E-state index contributed by atoms with van der Waals surface area (Å²) in [6, 6.07) is 13.4. The zero-order valence-electron chi connectivity index (χ0n) is 15.4. The summed E-state index contributed by atoms with van der Waals surface area (Å²) in [6.45, 7) is 0.226. The Morgan fingerprint density at radius 2 is 2.00 bits per heavy atom. The van der Waals surface area contributed by atoms with Gasteiger partial charge in [0.25, 0.3) is 11.6 Å². The summed E-state index contributed by atoms with van der Waals surface area (Å²) in [5.41, 5.74) is 0.671. The van der Waals surface area contributed by atoms with E-state index in [-0.39, 0.29) is 18.1 Å². The van der Waals surface area contributed by atoms with E-state index in [9.17, 15) is 14.9 Å². The van der Waals surface area contributed by atoms with E-state index >= 15 is 0 Å². The molecule has 30 heavy (non-hydrogen) atoms. The molecule has 0 unspecified atom stereocenters. The van der Waals surface area contributed by atoms with Gasteiger partial charge in [0, 0.05) is 17.0 Å². The zero-order valence-corrected chi connectivity index (χ0v) is 17.0. The Morgan fingerprint density at radius 3 is 2.67 bits per heavy atom. The summed E-state index contributed by atoms with van der Waals surface area (Å²) >= 11 is 2.73. The van der Waals surface area contributed by atoms with Gasteiger partial charge in [-0.2, -0.15) is 5.10 Å². The molecular formula is C20H14N4O4S2. The van der Waals surface area contributed by atoms with Gasteiger partial charge in [-0.15, -0.1) is 16.4 Å². The van der Waals surface area contributed by atoms with Gasteiger partial charge < -0.3 is 4.42 Å². The van der Waals surface area contributed by atoms with E-state index < -0.39 is 4.92 Å². The van der Waals surface area contributed by atoms with Crippen LogP contribution >= 0.6 is 23.1 Å². The minimum absolute atomic E-state index is 0.00726. The second-order valence-electron chi connectivity index (χ2n) is 6.07. The highest BCUT2D eigenvalue weighted by Gasteiger charge is 2.34. The summed E-state index contributed by atoms with van der Waals surface area (Å²) in [5.74, 6) is 0.385. The van der Waals surface area contributed by atoms with Crippen molar-refractivity contribution in [3.05, 3.63) is 91.4 Å². The molecule has 1 amide bonds. The Balaban J connectivity index is 1.60. The van der Waals surface area contributed by atoms with E-state index in [4.69, 9.17) is 4.42 Å². The number of hydrogen-bond donors (Lipinski definition) is 0. The Hall–Kier alpha value is -3.50. The molecule has 0 bridgehead atoms. The Labute approximate surface area is 179 Å². The van der Waals surface area contributed by atoms with E-state index in [0.29, 0.717) is 21.4 Å². The molecule has 3 heterocycles. The Kier molecular flexibility index (Phi) is 5.87. The second-order valence-corrected chi connectivity index (χ2v) is 8.06. The fourth-order valence-electron chi connectivity index (χ4n) is 2.62. The van der Waals surface area contributed by atoms with Crippen LogP contribution in [0, 0.1) is 10.1 Å². The van der Waals surface area contributed by atoms with E-state index in [1.165, 1.54) is 40.1 Å². The number of rotatable bonds is 6. The molecule has 8 nitrogen and oxygen atoms in total. The fourth-order valence-corrected chi connectivity index (χ4v) is 4.14. The van der Waals surface area contributed by atoms with Crippen LogP contribution in [0.5, 0.6) is 0 Å². The lowest BCUT2D eigenvalue weighted by Crippen LogP contribution is -2.28. The van der Waals surface area contributed by atoms with Crippen molar-refractivity contribution in [1.82, 2.24) is 4.90 Å². The van der Waals surface area contributed by atoms with Crippen molar-refractivity contribution < 1.29 is 14.1 Å². The molecule has 0 saturated carbocycles. The summed E-state index contributed by atoms with van der Waals surface area (Å²) in [5, 5.41) is 21.5. The first-order valence-electron chi connectivity index (χ1n) is 8.73. The van der Waals surface area contributed by atoms with Crippen LogP contribution in [0.3, 0.4) is 0 Å². The van der Waals surface area contributed by atoms with Crippen LogP contribution in [-0.2, 0) is 11.3 Å². The third-order valence-electron chi connectivity index (χ3n) is 4.06. The molecule has 1 aliphatic heterocycles. The maximum Gasteiger partial charge on any atom is 0.269 e. The van der Waals surface area contributed by atoms with Crippen LogP contribution in [0.4, 0.5) is 5.69 Å². The zero-order chi connectivity index (χ0) is 20.9. The van der Waals surface area contributed by atoms with Gasteiger partial charge >= 0.3 is 0 Å². The monoisotopic (exact) mass is 438 g/mol. The fraction of sp³-hybridized carbons (Fsp3) is 0.0500. The summed E-state index contributed by atoms with van der Waals surface area (Å²) in [4.78, 5) is 26.2. The van der Waals surface area contributed by atoms with Gasteiger partial charge in [0.15, 0.2) is 5.17 Å². The minimum atomic E-state index is -0.464. The van der Waals surface area contributed by atoms with Crippen molar-refractivity contribution in [1.29, 1.82) is 0 Å². The van der Waals surface area contributed by atoms with Crippen LogP contribution in [0.15, 0.2) is 79.7 Å². The van der Waals surface area contributed by atoms with Gasteiger partial charge in [0.1, 0.15) is 5.76 Å². The Morgan fingerprint density at radius 1 is 1.17 bits per heavy atom. The maximum absolute atomic E-state index is 13.0. The van der Waals surface area contributed by atoms with Crippen molar-refractivity contribution in [2.24, 2.45) is 10.2 Å². The lowest BCUT2D eigenvalue weighted by Gasteiger charge is -2.12.